The lowest BCUT2D eigenvalue weighted by Crippen LogP contribution is -2.20. The Morgan fingerprint density at radius 1 is 0.935 bits per heavy atom. The molecule has 0 amide bonds. The highest BCUT2D eigenvalue weighted by Crippen LogP contribution is 2.53. The van der Waals surface area contributed by atoms with Crippen molar-refractivity contribution in [3.63, 3.8) is 0 Å². The minimum atomic E-state index is -0.0979. The minimum Gasteiger partial charge on any atom is -0.496 e. The van der Waals surface area contributed by atoms with Crippen LogP contribution in [0, 0.1) is 0 Å². The molecular formula is C27H24N2O2. The molecule has 0 fully saturated rings. The molecule has 1 aliphatic carbocycles. The van der Waals surface area contributed by atoms with Crippen molar-refractivity contribution < 1.29 is 9.47 Å². The molecule has 1 aliphatic heterocycles. The van der Waals surface area contributed by atoms with Gasteiger partial charge >= 0.3 is 0 Å². The van der Waals surface area contributed by atoms with Crippen molar-refractivity contribution in [2.24, 2.45) is 0 Å². The Morgan fingerprint density at radius 3 is 2.65 bits per heavy atom. The third kappa shape index (κ3) is 2.71. The normalized spacial score (nSPS) is 16.7. The van der Waals surface area contributed by atoms with E-state index in [2.05, 4.69) is 42.5 Å². The molecule has 2 heterocycles. The van der Waals surface area contributed by atoms with Crippen LogP contribution in [0.3, 0.4) is 0 Å². The van der Waals surface area contributed by atoms with E-state index in [0.717, 1.165) is 76.0 Å². The second-order valence-electron chi connectivity index (χ2n) is 8.36. The van der Waals surface area contributed by atoms with E-state index in [-0.39, 0.29) is 5.92 Å². The number of rotatable bonds is 2. The Bertz CT molecular complexity index is 1330. The van der Waals surface area contributed by atoms with Gasteiger partial charge < -0.3 is 15.2 Å². The number of nitrogen functional groups attached to an aromatic ring is 1. The zero-order chi connectivity index (χ0) is 20.9. The zero-order valence-electron chi connectivity index (χ0n) is 17.5. The molecule has 0 bridgehead atoms. The summed E-state index contributed by atoms with van der Waals surface area (Å²) in [5, 5.41) is 2.23. The van der Waals surface area contributed by atoms with Crippen LogP contribution in [0.4, 0.5) is 5.69 Å². The van der Waals surface area contributed by atoms with Gasteiger partial charge in [0.1, 0.15) is 11.5 Å². The van der Waals surface area contributed by atoms with Crippen LogP contribution in [-0.2, 0) is 12.8 Å². The number of fused-ring (bicyclic) bond motifs is 5. The summed E-state index contributed by atoms with van der Waals surface area (Å²) in [5.41, 5.74) is 13.1. The number of hydrogen-bond acceptors (Lipinski definition) is 4. The van der Waals surface area contributed by atoms with Crippen LogP contribution < -0.4 is 15.2 Å². The fourth-order valence-electron chi connectivity index (χ4n) is 5.20. The predicted molar refractivity (Wildman–Crippen MR) is 123 cm³/mol. The van der Waals surface area contributed by atoms with E-state index in [1.807, 2.05) is 18.2 Å². The molecule has 2 aliphatic rings. The van der Waals surface area contributed by atoms with Crippen LogP contribution in [0.25, 0.3) is 10.8 Å². The molecule has 1 atom stereocenters. The molecule has 6 rings (SSSR count). The summed E-state index contributed by atoms with van der Waals surface area (Å²) in [4.78, 5) is 5.01. The maximum Gasteiger partial charge on any atom is 0.225 e. The number of benzene rings is 3. The number of anilines is 1. The molecule has 4 nitrogen and oxygen atoms in total. The van der Waals surface area contributed by atoms with Crippen molar-refractivity contribution in [1.29, 1.82) is 0 Å². The first kappa shape index (κ1) is 18.3. The lowest BCUT2D eigenvalue weighted by Gasteiger charge is -2.32. The number of aromatic nitrogens is 1. The van der Waals surface area contributed by atoms with E-state index in [1.54, 1.807) is 7.11 Å². The summed E-state index contributed by atoms with van der Waals surface area (Å²) >= 11 is 0. The van der Waals surface area contributed by atoms with E-state index in [0.29, 0.717) is 5.88 Å². The lowest BCUT2D eigenvalue weighted by molar-refractivity contribution is 0.404. The van der Waals surface area contributed by atoms with E-state index < -0.39 is 0 Å². The summed E-state index contributed by atoms with van der Waals surface area (Å²) in [5.74, 6) is 2.25. The van der Waals surface area contributed by atoms with Crippen molar-refractivity contribution >= 4 is 16.5 Å². The van der Waals surface area contributed by atoms with Gasteiger partial charge in [-0.1, -0.05) is 54.6 Å². The largest absolute Gasteiger partial charge is 0.496 e. The van der Waals surface area contributed by atoms with Crippen LogP contribution in [0.5, 0.6) is 17.4 Å². The van der Waals surface area contributed by atoms with E-state index >= 15 is 0 Å². The summed E-state index contributed by atoms with van der Waals surface area (Å²) in [6.07, 6.45) is 4.23. The first-order chi connectivity index (χ1) is 15.3. The molecule has 4 aromatic rings. The summed E-state index contributed by atoms with van der Waals surface area (Å²) < 4.78 is 12.3. The standard InChI is InChI=1S/C27H24N2O2/c1-30-22-13-7-5-11-19(22)23-20-15-14-16-8-2-3-9-17(16)26(20)31-27-24(23)25(28)18-10-4-6-12-21(18)29-27/h2-3,5,7-9,11,13-15,23H,4,6,10,12H2,1H3,(H2,28,29). The third-order valence-corrected chi connectivity index (χ3v) is 6.68. The third-order valence-electron chi connectivity index (χ3n) is 6.68. The Morgan fingerprint density at radius 2 is 1.74 bits per heavy atom. The highest BCUT2D eigenvalue weighted by atomic mass is 16.5. The van der Waals surface area contributed by atoms with Crippen LogP contribution >= 0.6 is 0 Å². The van der Waals surface area contributed by atoms with Crippen LogP contribution in [0.2, 0.25) is 0 Å². The van der Waals surface area contributed by atoms with Crippen LogP contribution in [0.1, 0.15) is 46.7 Å². The van der Waals surface area contributed by atoms with Crippen molar-refractivity contribution in [3.8, 4) is 17.4 Å². The van der Waals surface area contributed by atoms with Crippen molar-refractivity contribution in [1.82, 2.24) is 4.98 Å². The first-order valence-corrected chi connectivity index (χ1v) is 10.9. The van der Waals surface area contributed by atoms with Crippen LogP contribution in [0.15, 0.2) is 60.7 Å². The molecule has 0 saturated heterocycles. The molecule has 0 saturated carbocycles. The van der Waals surface area contributed by atoms with Gasteiger partial charge in [0.2, 0.25) is 5.88 Å². The van der Waals surface area contributed by atoms with Gasteiger partial charge in [-0.25, -0.2) is 4.98 Å². The Labute approximate surface area is 181 Å². The predicted octanol–water partition coefficient (Wildman–Crippen LogP) is 5.99. The van der Waals surface area contributed by atoms with E-state index in [9.17, 15) is 0 Å². The smallest absolute Gasteiger partial charge is 0.225 e. The zero-order valence-corrected chi connectivity index (χ0v) is 17.5. The SMILES string of the molecule is COc1ccccc1C1c2ccc3ccccc3c2Oc2nc3c(c(N)c21)CCCC3. The number of aryl methyl sites for hydroxylation is 1. The Hall–Kier alpha value is -3.53. The minimum absolute atomic E-state index is 0.0979. The molecule has 1 unspecified atom stereocenters. The van der Waals surface area contributed by atoms with Crippen molar-refractivity contribution in [2.45, 2.75) is 31.6 Å². The summed E-state index contributed by atoms with van der Waals surface area (Å²) in [6, 6.07) is 20.8. The second-order valence-corrected chi connectivity index (χ2v) is 8.36. The van der Waals surface area contributed by atoms with E-state index in [4.69, 9.17) is 20.2 Å². The number of pyridine rings is 1. The Balaban J connectivity index is 1.69. The van der Waals surface area contributed by atoms with Gasteiger partial charge in [-0.3, -0.25) is 0 Å². The number of hydrogen-bond donors (Lipinski definition) is 1. The van der Waals surface area contributed by atoms with Gasteiger partial charge in [-0.05, 0) is 42.7 Å². The van der Waals surface area contributed by atoms with E-state index in [1.165, 1.54) is 5.56 Å². The van der Waals surface area contributed by atoms with Crippen LogP contribution in [-0.4, -0.2) is 12.1 Å². The fourth-order valence-corrected chi connectivity index (χ4v) is 5.20. The van der Waals surface area contributed by atoms with Gasteiger partial charge in [0.25, 0.3) is 0 Å². The van der Waals surface area contributed by atoms with Crippen molar-refractivity contribution in [2.75, 3.05) is 12.8 Å². The molecule has 4 heteroatoms. The van der Waals surface area contributed by atoms with Crippen molar-refractivity contribution in [3.05, 3.63) is 88.6 Å². The number of nitrogens with two attached hydrogens (primary N) is 1. The molecule has 154 valence electrons. The highest BCUT2D eigenvalue weighted by Gasteiger charge is 2.36. The number of methoxy groups -OCH3 is 1. The Kier molecular flexibility index (Phi) is 4.13. The molecular weight excluding hydrogens is 384 g/mol. The fraction of sp³-hybridized carbons (Fsp3) is 0.222. The first-order valence-electron chi connectivity index (χ1n) is 10.9. The van der Waals surface area contributed by atoms with Gasteiger partial charge in [-0.15, -0.1) is 0 Å². The number of ether oxygens (including phenoxy) is 2. The topological polar surface area (TPSA) is 57.4 Å². The maximum absolute atomic E-state index is 6.85. The second kappa shape index (κ2) is 7.02. The monoisotopic (exact) mass is 408 g/mol. The average Bonchev–Trinajstić information content (AvgIpc) is 2.83. The van der Waals surface area contributed by atoms with Gasteiger partial charge in [0.05, 0.1) is 12.7 Å². The lowest BCUT2D eigenvalue weighted by atomic mass is 9.79. The summed E-state index contributed by atoms with van der Waals surface area (Å²) in [6.45, 7) is 0. The highest BCUT2D eigenvalue weighted by molar-refractivity contribution is 5.91. The molecule has 3 aromatic carbocycles. The molecule has 2 N–H and O–H groups in total. The summed E-state index contributed by atoms with van der Waals surface area (Å²) in [7, 11) is 1.72. The molecule has 31 heavy (non-hydrogen) atoms. The average molecular weight is 409 g/mol. The molecule has 0 spiro atoms. The van der Waals surface area contributed by atoms with Gasteiger partial charge in [0, 0.05) is 33.8 Å². The molecule has 0 radical (unpaired) electrons. The quantitative estimate of drug-likeness (QED) is 0.390. The number of nitrogens with zero attached hydrogens (tertiary/aromatic N) is 1. The van der Waals surface area contributed by atoms with Gasteiger partial charge in [0.15, 0.2) is 0 Å². The van der Waals surface area contributed by atoms with Gasteiger partial charge in [-0.2, -0.15) is 0 Å². The number of para-hydroxylation sites is 1. The maximum atomic E-state index is 6.85. The molecule has 1 aromatic heterocycles.